The molecule has 0 aliphatic rings. The first-order valence-corrected chi connectivity index (χ1v) is 7.40. The summed E-state index contributed by atoms with van der Waals surface area (Å²) in [5.41, 5.74) is 5.24. The average Bonchev–Trinajstić information content (AvgIpc) is 2.40. The van der Waals surface area contributed by atoms with Crippen LogP contribution < -0.4 is 5.32 Å². The smallest absolute Gasteiger partial charge is 0.0294 e. The standard InChI is InChI=1S/C17H20BrN/c1-12-4-7-16(8-5-12)14(3)19-11-15-6-9-17(18)13(2)10-15/h4-10,14,19H,11H2,1-3H3/t14-/m0/s1. The molecule has 0 spiro atoms. The van der Waals surface area contributed by atoms with E-state index in [1.54, 1.807) is 0 Å². The van der Waals surface area contributed by atoms with Crippen molar-refractivity contribution in [3.63, 3.8) is 0 Å². The summed E-state index contributed by atoms with van der Waals surface area (Å²) < 4.78 is 1.17. The van der Waals surface area contributed by atoms with Crippen LogP contribution in [0.4, 0.5) is 0 Å². The van der Waals surface area contributed by atoms with Crippen LogP contribution in [0.2, 0.25) is 0 Å². The first kappa shape index (κ1) is 14.3. The molecule has 2 rings (SSSR count). The molecule has 0 aliphatic carbocycles. The van der Waals surface area contributed by atoms with Crippen LogP contribution >= 0.6 is 15.9 Å². The molecule has 0 aliphatic heterocycles. The molecule has 100 valence electrons. The maximum atomic E-state index is 3.57. The van der Waals surface area contributed by atoms with Crippen molar-refractivity contribution in [2.45, 2.75) is 33.4 Å². The summed E-state index contributed by atoms with van der Waals surface area (Å²) in [5.74, 6) is 0. The third kappa shape index (κ3) is 3.92. The lowest BCUT2D eigenvalue weighted by Gasteiger charge is -2.15. The van der Waals surface area contributed by atoms with Gasteiger partial charge in [-0.1, -0.05) is 57.9 Å². The van der Waals surface area contributed by atoms with E-state index in [-0.39, 0.29) is 0 Å². The van der Waals surface area contributed by atoms with E-state index in [1.807, 2.05) is 0 Å². The Kier molecular flexibility index (Phi) is 4.78. The van der Waals surface area contributed by atoms with Gasteiger partial charge in [0, 0.05) is 17.1 Å². The lowest BCUT2D eigenvalue weighted by Crippen LogP contribution is -2.18. The van der Waals surface area contributed by atoms with Gasteiger partial charge in [0.15, 0.2) is 0 Å². The van der Waals surface area contributed by atoms with Gasteiger partial charge in [-0.15, -0.1) is 0 Å². The van der Waals surface area contributed by atoms with Crippen LogP contribution in [0, 0.1) is 13.8 Å². The molecule has 2 heteroatoms. The van der Waals surface area contributed by atoms with Crippen LogP contribution in [-0.2, 0) is 6.54 Å². The van der Waals surface area contributed by atoms with E-state index in [1.165, 1.54) is 26.7 Å². The number of nitrogens with one attached hydrogen (secondary N) is 1. The minimum atomic E-state index is 0.365. The first-order chi connectivity index (χ1) is 9.06. The van der Waals surface area contributed by atoms with Crippen molar-refractivity contribution in [1.29, 1.82) is 0 Å². The summed E-state index contributed by atoms with van der Waals surface area (Å²) in [7, 11) is 0. The van der Waals surface area contributed by atoms with Crippen LogP contribution in [0.15, 0.2) is 46.9 Å². The second kappa shape index (κ2) is 6.36. The van der Waals surface area contributed by atoms with Gasteiger partial charge in [0.1, 0.15) is 0 Å². The molecular formula is C17H20BrN. The maximum Gasteiger partial charge on any atom is 0.0294 e. The van der Waals surface area contributed by atoms with E-state index in [0.717, 1.165) is 6.54 Å². The Balaban J connectivity index is 1.98. The second-order valence-corrected chi connectivity index (χ2v) is 5.95. The van der Waals surface area contributed by atoms with Gasteiger partial charge < -0.3 is 5.32 Å². The Morgan fingerprint density at radius 3 is 2.37 bits per heavy atom. The summed E-state index contributed by atoms with van der Waals surface area (Å²) >= 11 is 3.53. The maximum absolute atomic E-state index is 3.57. The summed E-state index contributed by atoms with van der Waals surface area (Å²) in [6.07, 6.45) is 0. The van der Waals surface area contributed by atoms with Gasteiger partial charge in [0.25, 0.3) is 0 Å². The fourth-order valence-electron chi connectivity index (χ4n) is 2.06. The van der Waals surface area contributed by atoms with E-state index in [4.69, 9.17) is 0 Å². The Labute approximate surface area is 124 Å². The van der Waals surface area contributed by atoms with Gasteiger partial charge in [0.2, 0.25) is 0 Å². The van der Waals surface area contributed by atoms with Gasteiger partial charge in [-0.05, 0) is 43.5 Å². The zero-order valence-electron chi connectivity index (χ0n) is 11.7. The lowest BCUT2D eigenvalue weighted by molar-refractivity contribution is 0.574. The molecule has 0 saturated heterocycles. The average molecular weight is 318 g/mol. The van der Waals surface area contributed by atoms with E-state index in [2.05, 4.69) is 84.5 Å². The molecule has 0 aromatic heterocycles. The minimum Gasteiger partial charge on any atom is -0.306 e. The molecule has 0 bridgehead atoms. The predicted octanol–water partition coefficient (Wildman–Crippen LogP) is 4.92. The fraction of sp³-hybridized carbons (Fsp3) is 0.294. The molecule has 0 radical (unpaired) electrons. The van der Waals surface area contributed by atoms with E-state index in [9.17, 15) is 0 Å². The van der Waals surface area contributed by atoms with Crippen molar-refractivity contribution in [3.05, 3.63) is 69.2 Å². The van der Waals surface area contributed by atoms with Gasteiger partial charge in [-0.2, -0.15) is 0 Å². The van der Waals surface area contributed by atoms with Crippen molar-refractivity contribution < 1.29 is 0 Å². The molecule has 2 aromatic carbocycles. The van der Waals surface area contributed by atoms with Crippen LogP contribution in [-0.4, -0.2) is 0 Å². The van der Waals surface area contributed by atoms with Crippen molar-refractivity contribution in [3.8, 4) is 0 Å². The SMILES string of the molecule is Cc1ccc([C@H](C)NCc2ccc(Br)c(C)c2)cc1. The van der Waals surface area contributed by atoms with Crippen molar-refractivity contribution in [1.82, 2.24) is 5.32 Å². The zero-order chi connectivity index (χ0) is 13.8. The second-order valence-electron chi connectivity index (χ2n) is 5.10. The van der Waals surface area contributed by atoms with E-state index < -0.39 is 0 Å². The molecular weight excluding hydrogens is 298 g/mol. The van der Waals surface area contributed by atoms with Crippen LogP contribution in [0.1, 0.15) is 35.2 Å². The number of rotatable bonds is 4. The normalized spacial score (nSPS) is 12.4. The third-order valence-corrected chi connectivity index (χ3v) is 4.30. The zero-order valence-corrected chi connectivity index (χ0v) is 13.3. The van der Waals surface area contributed by atoms with Gasteiger partial charge in [-0.3, -0.25) is 0 Å². The Morgan fingerprint density at radius 2 is 1.74 bits per heavy atom. The number of hydrogen-bond donors (Lipinski definition) is 1. The summed E-state index contributed by atoms with van der Waals surface area (Å²) in [6, 6.07) is 15.6. The molecule has 1 nitrogen and oxygen atoms in total. The fourth-order valence-corrected chi connectivity index (χ4v) is 2.31. The molecule has 0 amide bonds. The van der Waals surface area contributed by atoms with Crippen LogP contribution in [0.25, 0.3) is 0 Å². The molecule has 0 fully saturated rings. The van der Waals surface area contributed by atoms with E-state index >= 15 is 0 Å². The van der Waals surface area contributed by atoms with E-state index in [0.29, 0.717) is 6.04 Å². The Hall–Kier alpha value is -1.12. The monoisotopic (exact) mass is 317 g/mol. The summed E-state index contributed by atoms with van der Waals surface area (Å²) in [4.78, 5) is 0. The molecule has 1 atom stereocenters. The molecule has 0 unspecified atom stereocenters. The highest BCUT2D eigenvalue weighted by molar-refractivity contribution is 9.10. The van der Waals surface area contributed by atoms with Gasteiger partial charge in [0.05, 0.1) is 0 Å². The number of halogens is 1. The number of benzene rings is 2. The number of aryl methyl sites for hydroxylation is 2. The predicted molar refractivity (Wildman–Crippen MR) is 85.3 cm³/mol. The van der Waals surface area contributed by atoms with Gasteiger partial charge >= 0.3 is 0 Å². The quantitative estimate of drug-likeness (QED) is 0.844. The van der Waals surface area contributed by atoms with Crippen LogP contribution in [0.3, 0.4) is 0 Å². The molecule has 2 aromatic rings. The largest absolute Gasteiger partial charge is 0.306 e. The molecule has 0 saturated carbocycles. The topological polar surface area (TPSA) is 12.0 Å². The Morgan fingerprint density at radius 1 is 1.05 bits per heavy atom. The summed E-state index contributed by atoms with van der Waals surface area (Å²) in [6.45, 7) is 7.34. The minimum absolute atomic E-state index is 0.365. The lowest BCUT2D eigenvalue weighted by atomic mass is 10.1. The van der Waals surface area contributed by atoms with Crippen molar-refractivity contribution in [2.24, 2.45) is 0 Å². The highest BCUT2D eigenvalue weighted by atomic mass is 79.9. The van der Waals surface area contributed by atoms with Gasteiger partial charge in [-0.25, -0.2) is 0 Å². The molecule has 19 heavy (non-hydrogen) atoms. The Bertz CT molecular complexity index is 546. The summed E-state index contributed by atoms with van der Waals surface area (Å²) in [5, 5.41) is 3.57. The molecule has 0 heterocycles. The van der Waals surface area contributed by atoms with Crippen molar-refractivity contribution >= 4 is 15.9 Å². The molecule has 1 N–H and O–H groups in total. The first-order valence-electron chi connectivity index (χ1n) is 6.61. The highest BCUT2D eigenvalue weighted by Gasteiger charge is 2.05. The van der Waals surface area contributed by atoms with Crippen LogP contribution in [0.5, 0.6) is 0 Å². The highest BCUT2D eigenvalue weighted by Crippen LogP contribution is 2.18. The number of hydrogen-bond acceptors (Lipinski definition) is 1. The van der Waals surface area contributed by atoms with Crippen molar-refractivity contribution in [2.75, 3.05) is 0 Å². The third-order valence-electron chi connectivity index (χ3n) is 3.41.